The normalized spacial score (nSPS) is 11.4. The molecule has 0 aliphatic heterocycles. The second kappa shape index (κ2) is 9.35. The summed E-state index contributed by atoms with van der Waals surface area (Å²) in [5.41, 5.74) is 0.480. The molecule has 168 valence electrons. The molecule has 0 unspecified atom stereocenters. The van der Waals surface area contributed by atoms with Gasteiger partial charge in [-0.3, -0.25) is 14.1 Å². The van der Waals surface area contributed by atoms with Gasteiger partial charge in [0.1, 0.15) is 12.4 Å². The molecule has 1 N–H and O–H groups in total. The van der Waals surface area contributed by atoms with Crippen molar-refractivity contribution in [2.75, 3.05) is 16.2 Å². The van der Waals surface area contributed by atoms with Crippen molar-refractivity contribution < 1.29 is 17.6 Å². The highest BCUT2D eigenvalue weighted by molar-refractivity contribution is 7.93. The summed E-state index contributed by atoms with van der Waals surface area (Å²) in [4.78, 5) is 16.8. The third-order valence-corrected chi connectivity index (χ3v) is 7.38. The molecule has 0 aliphatic rings. The molecular formula is C23H16Cl2FN3O3S. The molecule has 4 rings (SSSR count). The maximum atomic E-state index is 13.7. The molecule has 0 bridgehead atoms. The number of hydrogen-bond donors (Lipinski definition) is 1. The standard InChI is InChI=1S/C23H16Cl2FN3O3S/c24-20-9-6-17(12-21(20)25)28-23(30)14-29(18-7-4-16(26)5-8-18)33(31,32)22-3-1-2-15-13-27-11-10-19(15)22/h1-13H,14H2,(H,28,30). The van der Waals surface area contributed by atoms with E-state index in [1.165, 1.54) is 36.5 Å². The van der Waals surface area contributed by atoms with Crippen molar-refractivity contribution >= 4 is 61.3 Å². The maximum Gasteiger partial charge on any atom is 0.265 e. The Morgan fingerprint density at radius 1 is 1.00 bits per heavy atom. The summed E-state index contributed by atoms with van der Waals surface area (Å²) in [5.74, 6) is -1.16. The first-order chi connectivity index (χ1) is 15.8. The van der Waals surface area contributed by atoms with Crippen molar-refractivity contribution in [1.29, 1.82) is 0 Å². The van der Waals surface area contributed by atoms with Gasteiger partial charge in [-0.25, -0.2) is 12.8 Å². The van der Waals surface area contributed by atoms with Crippen molar-refractivity contribution in [3.8, 4) is 0 Å². The number of halogens is 3. The van der Waals surface area contributed by atoms with Crippen LogP contribution in [0.1, 0.15) is 0 Å². The van der Waals surface area contributed by atoms with Crippen LogP contribution in [0.4, 0.5) is 15.8 Å². The van der Waals surface area contributed by atoms with Crippen LogP contribution in [0.15, 0.2) is 84.0 Å². The summed E-state index contributed by atoms with van der Waals surface area (Å²) < 4.78 is 41.9. The van der Waals surface area contributed by atoms with E-state index in [-0.39, 0.29) is 15.6 Å². The predicted octanol–water partition coefficient (Wildman–Crippen LogP) is 5.51. The van der Waals surface area contributed by atoms with Gasteiger partial charge in [-0.15, -0.1) is 0 Å². The molecule has 4 aromatic rings. The van der Waals surface area contributed by atoms with Gasteiger partial charge >= 0.3 is 0 Å². The molecule has 0 atom stereocenters. The number of amides is 1. The smallest absolute Gasteiger partial charge is 0.265 e. The van der Waals surface area contributed by atoms with Crippen LogP contribution in [0.25, 0.3) is 10.8 Å². The van der Waals surface area contributed by atoms with Crippen molar-refractivity contribution in [3.05, 3.63) is 95.0 Å². The Labute approximate surface area is 199 Å². The number of pyridine rings is 1. The van der Waals surface area contributed by atoms with E-state index in [1.54, 1.807) is 30.5 Å². The van der Waals surface area contributed by atoms with Crippen LogP contribution in [-0.2, 0) is 14.8 Å². The van der Waals surface area contributed by atoms with Crippen molar-refractivity contribution in [3.63, 3.8) is 0 Å². The summed E-state index contributed by atoms with van der Waals surface area (Å²) in [6.07, 6.45) is 3.04. The van der Waals surface area contributed by atoms with E-state index in [9.17, 15) is 17.6 Å². The molecule has 0 spiro atoms. The maximum absolute atomic E-state index is 13.7. The lowest BCUT2D eigenvalue weighted by molar-refractivity contribution is -0.114. The number of carbonyl (C=O) groups excluding carboxylic acids is 1. The van der Waals surface area contributed by atoms with Gasteiger partial charge in [0, 0.05) is 28.9 Å². The second-order valence-corrected chi connectivity index (χ2v) is 9.66. The van der Waals surface area contributed by atoms with Gasteiger partial charge in [-0.05, 0) is 54.6 Å². The number of hydrogen-bond acceptors (Lipinski definition) is 4. The highest BCUT2D eigenvalue weighted by atomic mass is 35.5. The quantitative estimate of drug-likeness (QED) is 0.375. The number of rotatable bonds is 6. The first-order valence-corrected chi connectivity index (χ1v) is 11.8. The molecule has 1 amide bonds. The van der Waals surface area contributed by atoms with Crippen LogP contribution in [0.2, 0.25) is 10.0 Å². The van der Waals surface area contributed by atoms with Crippen LogP contribution < -0.4 is 9.62 Å². The lowest BCUT2D eigenvalue weighted by atomic mass is 10.2. The van der Waals surface area contributed by atoms with Gasteiger partial charge < -0.3 is 5.32 Å². The Hall–Kier alpha value is -3.20. The molecule has 0 radical (unpaired) electrons. The molecule has 0 saturated heterocycles. The minimum absolute atomic E-state index is 0.00550. The molecular weight excluding hydrogens is 488 g/mol. The summed E-state index contributed by atoms with van der Waals surface area (Å²) in [6, 6.07) is 15.7. The van der Waals surface area contributed by atoms with Gasteiger partial charge in [0.05, 0.1) is 20.6 Å². The Morgan fingerprint density at radius 2 is 1.76 bits per heavy atom. The number of sulfonamides is 1. The Morgan fingerprint density at radius 3 is 2.48 bits per heavy atom. The summed E-state index contributed by atoms with van der Waals surface area (Å²) >= 11 is 11.9. The lowest BCUT2D eigenvalue weighted by Gasteiger charge is -2.25. The summed E-state index contributed by atoms with van der Waals surface area (Å²) in [6.45, 7) is -0.560. The van der Waals surface area contributed by atoms with Crippen LogP contribution in [0.5, 0.6) is 0 Å². The largest absolute Gasteiger partial charge is 0.324 e. The fourth-order valence-electron chi connectivity index (χ4n) is 3.26. The molecule has 10 heteroatoms. The number of nitrogens with zero attached hydrogens (tertiary/aromatic N) is 2. The summed E-state index contributed by atoms with van der Waals surface area (Å²) in [5, 5.41) is 4.23. The van der Waals surface area contributed by atoms with E-state index in [4.69, 9.17) is 23.2 Å². The Balaban J connectivity index is 1.74. The van der Waals surface area contributed by atoms with E-state index in [0.717, 1.165) is 16.4 Å². The number of anilines is 2. The fourth-order valence-corrected chi connectivity index (χ4v) is 5.20. The van der Waals surface area contributed by atoms with E-state index in [2.05, 4.69) is 10.3 Å². The minimum atomic E-state index is -4.22. The highest BCUT2D eigenvalue weighted by Gasteiger charge is 2.29. The summed E-state index contributed by atoms with van der Waals surface area (Å²) in [7, 11) is -4.22. The molecule has 1 aromatic heterocycles. The zero-order valence-corrected chi connectivity index (χ0v) is 19.2. The topological polar surface area (TPSA) is 79.4 Å². The first-order valence-electron chi connectivity index (χ1n) is 9.61. The van der Waals surface area contributed by atoms with Crippen LogP contribution >= 0.6 is 23.2 Å². The predicted molar refractivity (Wildman–Crippen MR) is 128 cm³/mol. The van der Waals surface area contributed by atoms with E-state index >= 15 is 0 Å². The van der Waals surface area contributed by atoms with Gasteiger partial charge in [-0.2, -0.15) is 0 Å². The molecule has 0 fully saturated rings. The molecule has 0 aliphatic carbocycles. The number of nitrogens with one attached hydrogen (secondary N) is 1. The third kappa shape index (κ3) is 4.93. The first kappa shape index (κ1) is 23.0. The van der Waals surface area contributed by atoms with Gasteiger partial charge in [-0.1, -0.05) is 35.3 Å². The zero-order chi connectivity index (χ0) is 23.6. The number of benzene rings is 3. The minimum Gasteiger partial charge on any atom is -0.324 e. The molecule has 33 heavy (non-hydrogen) atoms. The van der Waals surface area contributed by atoms with Gasteiger partial charge in [0.25, 0.3) is 10.0 Å². The Bertz CT molecular complexity index is 1440. The van der Waals surface area contributed by atoms with Crippen LogP contribution in [0, 0.1) is 5.82 Å². The molecule has 0 saturated carbocycles. The average molecular weight is 504 g/mol. The van der Waals surface area contributed by atoms with Crippen molar-refractivity contribution in [2.45, 2.75) is 4.90 Å². The van der Waals surface area contributed by atoms with Gasteiger partial charge in [0.15, 0.2) is 0 Å². The Kier molecular flexibility index (Phi) is 6.51. The van der Waals surface area contributed by atoms with Gasteiger partial charge in [0.2, 0.25) is 5.91 Å². The second-order valence-electron chi connectivity index (χ2n) is 7.02. The third-order valence-electron chi connectivity index (χ3n) is 4.81. The number of carbonyl (C=O) groups is 1. The number of aromatic nitrogens is 1. The monoisotopic (exact) mass is 503 g/mol. The van der Waals surface area contributed by atoms with E-state index in [1.807, 2.05) is 0 Å². The van der Waals surface area contributed by atoms with Crippen molar-refractivity contribution in [1.82, 2.24) is 4.98 Å². The molecule has 1 heterocycles. The van der Waals surface area contributed by atoms with E-state index in [0.29, 0.717) is 21.5 Å². The zero-order valence-electron chi connectivity index (χ0n) is 16.9. The van der Waals surface area contributed by atoms with Crippen molar-refractivity contribution in [2.24, 2.45) is 0 Å². The van der Waals surface area contributed by atoms with E-state index < -0.39 is 28.3 Å². The molecule has 6 nitrogen and oxygen atoms in total. The highest BCUT2D eigenvalue weighted by Crippen LogP contribution is 2.29. The fraction of sp³-hybridized carbons (Fsp3) is 0.0435. The SMILES string of the molecule is O=C(CN(c1ccc(F)cc1)S(=O)(=O)c1cccc2cnccc12)Nc1ccc(Cl)c(Cl)c1. The average Bonchev–Trinajstić information content (AvgIpc) is 2.80. The molecule has 3 aromatic carbocycles. The van der Waals surface area contributed by atoms with Crippen LogP contribution in [-0.4, -0.2) is 25.9 Å². The van der Waals surface area contributed by atoms with Crippen LogP contribution in [0.3, 0.4) is 0 Å². The lowest BCUT2D eigenvalue weighted by Crippen LogP contribution is -2.38. The number of fused-ring (bicyclic) bond motifs is 1.